The smallest absolute Gasteiger partial charge is 0.233 e. The summed E-state index contributed by atoms with van der Waals surface area (Å²) in [6, 6.07) is 23.6. The van der Waals surface area contributed by atoms with Gasteiger partial charge in [-0.2, -0.15) is 0 Å². The van der Waals surface area contributed by atoms with Gasteiger partial charge in [-0.1, -0.05) is 84.4 Å². The molecule has 0 unspecified atom stereocenters. The number of imide groups is 1. The number of likely N-dealkylation sites (tertiary alicyclic amines) is 1. The van der Waals surface area contributed by atoms with Gasteiger partial charge in [-0.05, 0) is 42.0 Å². The van der Waals surface area contributed by atoms with Gasteiger partial charge in [-0.15, -0.1) is 0 Å². The van der Waals surface area contributed by atoms with Crippen molar-refractivity contribution in [2.45, 2.75) is 24.2 Å². The maximum Gasteiger partial charge on any atom is 0.233 e. The molecule has 1 saturated carbocycles. The Labute approximate surface area is 249 Å². The first-order valence-electron chi connectivity index (χ1n) is 14.6. The molecule has 3 aromatic rings. The van der Waals surface area contributed by atoms with Crippen molar-refractivity contribution in [1.82, 2.24) is 4.90 Å². The highest BCUT2D eigenvalue weighted by molar-refractivity contribution is 6.31. The van der Waals surface area contributed by atoms with Crippen LogP contribution in [0.15, 0.2) is 96.6 Å². The highest BCUT2D eigenvalue weighted by Crippen LogP contribution is 2.64. The van der Waals surface area contributed by atoms with Gasteiger partial charge in [-0.3, -0.25) is 24.1 Å². The Bertz CT molecular complexity index is 1740. The third kappa shape index (κ3) is 3.67. The number of ketones is 2. The van der Waals surface area contributed by atoms with E-state index in [1.807, 2.05) is 66.7 Å². The number of carbonyl (C=O) groups is 4. The van der Waals surface area contributed by atoms with Crippen molar-refractivity contribution in [3.63, 3.8) is 0 Å². The molecule has 2 fully saturated rings. The molecule has 3 aromatic carbocycles. The first-order chi connectivity index (χ1) is 20.8. The number of benzene rings is 3. The minimum absolute atomic E-state index is 0.114. The largest absolute Gasteiger partial charge is 0.504 e. The van der Waals surface area contributed by atoms with E-state index in [-0.39, 0.29) is 41.3 Å². The fourth-order valence-electron chi connectivity index (χ4n) is 8.31. The number of carbonyl (C=O) groups excluding carboxylic acids is 4. The Morgan fingerprint density at radius 3 is 2.26 bits per heavy atom. The third-order valence-corrected chi connectivity index (χ3v) is 10.2. The summed E-state index contributed by atoms with van der Waals surface area (Å²) in [6.45, 7) is 0. The topological polar surface area (TPSA) is 101 Å². The predicted octanol–water partition coefficient (Wildman–Crippen LogP) is 4.86. The molecular formula is C36H31NO6. The summed E-state index contributed by atoms with van der Waals surface area (Å²) in [5.74, 6) is -4.04. The average molecular weight is 574 g/mol. The summed E-state index contributed by atoms with van der Waals surface area (Å²) in [4.78, 5) is 57.6. The Hall–Kier alpha value is -4.78. The minimum Gasteiger partial charge on any atom is -0.504 e. The number of hydrogen-bond acceptors (Lipinski definition) is 6. The molecule has 4 aliphatic rings. The monoisotopic (exact) mass is 573 g/mol. The van der Waals surface area contributed by atoms with Gasteiger partial charge in [0.05, 0.1) is 24.4 Å². The lowest BCUT2D eigenvalue weighted by Gasteiger charge is -2.55. The van der Waals surface area contributed by atoms with E-state index in [0.29, 0.717) is 28.7 Å². The fraction of sp³-hybridized carbons (Fsp3) is 0.278. The first kappa shape index (κ1) is 27.1. The third-order valence-electron chi connectivity index (χ3n) is 10.2. The molecule has 6 atom stereocenters. The van der Waals surface area contributed by atoms with E-state index >= 15 is 0 Å². The Morgan fingerprint density at radius 1 is 0.860 bits per heavy atom. The molecule has 0 radical (unpaired) electrons. The second-order valence-electron chi connectivity index (χ2n) is 11.9. The molecule has 1 N–H and O–H groups in total. The quantitative estimate of drug-likeness (QED) is 0.354. The van der Waals surface area contributed by atoms with Crippen molar-refractivity contribution in [2.75, 3.05) is 14.2 Å². The maximum atomic E-state index is 14.9. The van der Waals surface area contributed by atoms with E-state index in [1.165, 1.54) is 25.1 Å². The highest BCUT2D eigenvalue weighted by Gasteiger charge is 2.66. The van der Waals surface area contributed by atoms with Crippen molar-refractivity contribution >= 4 is 29.0 Å². The van der Waals surface area contributed by atoms with Crippen LogP contribution in [0, 0.1) is 23.7 Å². The van der Waals surface area contributed by atoms with Gasteiger partial charge in [0.2, 0.25) is 11.8 Å². The molecule has 1 heterocycles. The van der Waals surface area contributed by atoms with Crippen LogP contribution in [0.1, 0.15) is 35.4 Å². The second-order valence-corrected chi connectivity index (χ2v) is 11.9. The number of methoxy groups -OCH3 is 1. The van der Waals surface area contributed by atoms with Crippen LogP contribution in [0.5, 0.6) is 11.5 Å². The van der Waals surface area contributed by atoms with Gasteiger partial charge in [0.1, 0.15) is 0 Å². The molecule has 43 heavy (non-hydrogen) atoms. The number of nitrogens with zero attached hydrogens (tertiary/aromatic N) is 1. The molecule has 0 aromatic heterocycles. The van der Waals surface area contributed by atoms with Crippen LogP contribution < -0.4 is 4.74 Å². The van der Waals surface area contributed by atoms with E-state index in [2.05, 4.69) is 0 Å². The normalized spacial score (nSPS) is 29.8. The summed E-state index contributed by atoms with van der Waals surface area (Å²) < 4.78 is 5.49. The number of hydrogen-bond donors (Lipinski definition) is 1. The van der Waals surface area contributed by atoms with E-state index < -0.39 is 35.0 Å². The molecule has 7 rings (SSSR count). The van der Waals surface area contributed by atoms with E-state index in [0.717, 1.165) is 5.57 Å². The Kier molecular flexibility index (Phi) is 6.24. The number of phenols is 1. The van der Waals surface area contributed by atoms with Gasteiger partial charge in [-0.25, -0.2) is 0 Å². The molecule has 1 saturated heterocycles. The summed E-state index contributed by atoms with van der Waals surface area (Å²) in [7, 11) is 2.97. The van der Waals surface area contributed by atoms with Gasteiger partial charge < -0.3 is 9.84 Å². The molecule has 0 spiro atoms. The summed E-state index contributed by atoms with van der Waals surface area (Å²) in [5.41, 5.74) is 1.51. The number of aromatic hydroxyl groups is 1. The highest BCUT2D eigenvalue weighted by atomic mass is 16.5. The van der Waals surface area contributed by atoms with E-state index in [4.69, 9.17) is 4.74 Å². The fourth-order valence-corrected chi connectivity index (χ4v) is 8.31. The van der Waals surface area contributed by atoms with Crippen molar-refractivity contribution in [1.29, 1.82) is 0 Å². The van der Waals surface area contributed by atoms with Crippen LogP contribution in [0.25, 0.3) is 5.57 Å². The van der Waals surface area contributed by atoms with Gasteiger partial charge >= 0.3 is 0 Å². The number of para-hydroxylation sites is 1. The lowest BCUT2D eigenvalue weighted by molar-refractivity contribution is -0.139. The Balaban J connectivity index is 1.55. The van der Waals surface area contributed by atoms with E-state index in [1.54, 1.807) is 18.2 Å². The van der Waals surface area contributed by atoms with Gasteiger partial charge in [0, 0.05) is 30.0 Å². The van der Waals surface area contributed by atoms with Crippen LogP contribution in [0.3, 0.4) is 0 Å². The number of ether oxygens (including phenoxy) is 1. The predicted molar refractivity (Wildman–Crippen MR) is 159 cm³/mol. The van der Waals surface area contributed by atoms with Crippen LogP contribution in [0.2, 0.25) is 0 Å². The molecule has 3 aliphatic carbocycles. The second kappa shape index (κ2) is 9.90. The van der Waals surface area contributed by atoms with Crippen molar-refractivity contribution in [3.05, 3.63) is 113 Å². The number of rotatable bonds is 4. The summed E-state index contributed by atoms with van der Waals surface area (Å²) in [6.07, 6.45) is 4.02. The number of allylic oxidation sites excluding steroid dienone is 4. The van der Waals surface area contributed by atoms with Gasteiger partial charge in [0.15, 0.2) is 23.1 Å². The van der Waals surface area contributed by atoms with Crippen molar-refractivity contribution in [3.8, 4) is 11.5 Å². The zero-order valence-electron chi connectivity index (χ0n) is 23.9. The molecule has 7 nitrogen and oxygen atoms in total. The van der Waals surface area contributed by atoms with E-state index in [9.17, 15) is 24.3 Å². The molecule has 216 valence electrons. The Morgan fingerprint density at radius 2 is 1.56 bits per heavy atom. The zero-order valence-corrected chi connectivity index (χ0v) is 23.9. The molecule has 7 heteroatoms. The summed E-state index contributed by atoms with van der Waals surface area (Å²) >= 11 is 0. The molecule has 0 bridgehead atoms. The standard InChI is InChI=1S/C36H31NO6/c1-37-34(41)23-17-16-22-26(30(23)35(37)42)18-27-32(39)25(20-10-5-3-6-11-20)19-29(38)36(27,21-12-7-4-8-13-21)31(22)24-14-9-15-28(43-2)33(24)40/h3-16,19,23,26-27,30-31,40H,17-18H2,1-2H3/t23-,26+,27-,30-,31+,36-/m0/s1. The number of fused-ring (bicyclic) bond motifs is 4. The van der Waals surface area contributed by atoms with Crippen LogP contribution in [-0.4, -0.2) is 47.5 Å². The molecule has 1 aliphatic heterocycles. The lowest BCUT2D eigenvalue weighted by atomic mass is 9.44. The van der Waals surface area contributed by atoms with Gasteiger partial charge in [0.25, 0.3) is 0 Å². The van der Waals surface area contributed by atoms with Crippen molar-refractivity contribution < 1.29 is 29.0 Å². The molecular weight excluding hydrogens is 542 g/mol. The zero-order chi connectivity index (χ0) is 30.0. The van der Waals surface area contributed by atoms with Crippen LogP contribution in [0.4, 0.5) is 0 Å². The number of Topliss-reactive ketones (excluding diaryl/α,β-unsaturated/α-hetero) is 1. The first-order valence-corrected chi connectivity index (χ1v) is 14.6. The SMILES string of the molecule is COc1cccc([C@H]2C3=CC[C@@H]4C(=O)N(C)C(=O)[C@@H]4[C@@H]3C[C@H]3C(=O)C(c4ccccc4)=CC(=O)[C@@]23c2ccccc2)c1O. The van der Waals surface area contributed by atoms with Crippen LogP contribution in [-0.2, 0) is 24.6 Å². The van der Waals surface area contributed by atoms with Crippen LogP contribution >= 0.6 is 0 Å². The molecule has 2 amide bonds. The average Bonchev–Trinajstić information content (AvgIpc) is 3.26. The van der Waals surface area contributed by atoms with Crippen molar-refractivity contribution in [2.24, 2.45) is 23.7 Å². The number of amides is 2. The minimum atomic E-state index is -1.40. The summed E-state index contributed by atoms with van der Waals surface area (Å²) in [5, 5.41) is 11.6. The maximum absolute atomic E-state index is 14.9. The lowest BCUT2D eigenvalue weighted by Crippen LogP contribution is -2.58. The number of phenolic OH excluding ortho intramolecular Hbond substituents is 1.